The molecule has 10 heteroatoms. The SMILES string of the molecule is O=C(c1ccccc1Cl)N(CCN1CCOCC1)CC(=O)N1N=C(c2ccc(F)cc2)CC1c1ccco1. The Morgan fingerprint density at radius 1 is 1.05 bits per heavy atom. The molecule has 1 unspecified atom stereocenters. The van der Waals surface area contributed by atoms with Gasteiger partial charge in [0.25, 0.3) is 11.8 Å². The van der Waals surface area contributed by atoms with Gasteiger partial charge in [0, 0.05) is 32.6 Å². The number of hydrogen-bond donors (Lipinski definition) is 0. The van der Waals surface area contributed by atoms with Gasteiger partial charge in [0.1, 0.15) is 24.2 Å². The number of carbonyl (C=O) groups excluding carboxylic acids is 2. The Bertz CT molecular complexity index is 1290. The normalized spacial score (nSPS) is 17.9. The van der Waals surface area contributed by atoms with E-state index in [0.29, 0.717) is 54.8 Å². The molecule has 198 valence electrons. The van der Waals surface area contributed by atoms with Crippen LogP contribution in [0.25, 0.3) is 0 Å². The predicted molar refractivity (Wildman–Crippen MR) is 140 cm³/mol. The highest BCUT2D eigenvalue weighted by atomic mass is 35.5. The molecule has 0 radical (unpaired) electrons. The van der Waals surface area contributed by atoms with E-state index < -0.39 is 6.04 Å². The second-order valence-corrected chi connectivity index (χ2v) is 9.60. The van der Waals surface area contributed by atoms with Gasteiger partial charge in [-0.15, -0.1) is 0 Å². The summed E-state index contributed by atoms with van der Waals surface area (Å²) in [6.07, 6.45) is 1.95. The number of benzene rings is 2. The van der Waals surface area contributed by atoms with Crippen LogP contribution in [0.15, 0.2) is 76.4 Å². The number of furan rings is 1. The number of hydrogen-bond acceptors (Lipinski definition) is 6. The first-order chi connectivity index (χ1) is 18.5. The van der Waals surface area contributed by atoms with E-state index in [1.807, 2.05) is 0 Å². The summed E-state index contributed by atoms with van der Waals surface area (Å²) in [5, 5.41) is 6.31. The van der Waals surface area contributed by atoms with Crippen LogP contribution in [0.2, 0.25) is 5.02 Å². The fourth-order valence-electron chi connectivity index (χ4n) is 4.64. The van der Waals surface area contributed by atoms with E-state index in [9.17, 15) is 14.0 Å². The zero-order valence-electron chi connectivity index (χ0n) is 20.8. The molecule has 2 aromatic carbocycles. The fourth-order valence-corrected chi connectivity index (χ4v) is 4.86. The second kappa shape index (κ2) is 11.9. The molecule has 1 fully saturated rings. The van der Waals surface area contributed by atoms with Gasteiger partial charge in [-0.25, -0.2) is 9.40 Å². The first-order valence-corrected chi connectivity index (χ1v) is 12.9. The van der Waals surface area contributed by atoms with Gasteiger partial charge in [-0.3, -0.25) is 14.5 Å². The summed E-state index contributed by atoms with van der Waals surface area (Å²) >= 11 is 6.33. The topological polar surface area (TPSA) is 78.6 Å². The number of rotatable bonds is 8. The van der Waals surface area contributed by atoms with E-state index in [-0.39, 0.29) is 24.2 Å². The third kappa shape index (κ3) is 5.96. The lowest BCUT2D eigenvalue weighted by atomic mass is 10.0. The summed E-state index contributed by atoms with van der Waals surface area (Å²) in [7, 11) is 0. The highest BCUT2D eigenvalue weighted by molar-refractivity contribution is 6.33. The highest BCUT2D eigenvalue weighted by Gasteiger charge is 2.36. The van der Waals surface area contributed by atoms with Crippen molar-refractivity contribution in [3.8, 4) is 0 Å². The molecule has 8 nitrogen and oxygen atoms in total. The minimum atomic E-state index is -0.478. The van der Waals surface area contributed by atoms with Crippen LogP contribution in [0.4, 0.5) is 4.39 Å². The van der Waals surface area contributed by atoms with Crippen molar-refractivity contribution in [2.45, 2.75) is 12.5 Å². The summed E-state index contributed by atoms with van der Waals surface area (Å²) in [5.41, 5.74) is 1.69. The monoisotopic (exact) mass is 538 g/mol. The average molecular weight is 539 g/mol. The fraction of sp³-hybridized carbons (Fsp3) is 0.321. The summed E-state index contributed by atoms with van der Waals surface area (Å²) in [4.78, 5) is 31.0. The number of amides is 2. The number of halogens is 2. The van der Waals surface area contributed by atoms with Crippen LogP contribution in [-0.2, 0) is 9.53 Å². The lowest BCUT2D eigenvalue weighted by Gasteiger charge is -2.31. The standard InChI is InChI=1S/C28H28ClFN4O4/c29-23-5-2-1-4-22(23)28(36)33(12-11-32-13-16-37-17-14-32)19-27(35)34-25(26-6-3-15-38-26)18-24(31-34)20-7-9-21(30)10-8-20/h1-10,15,25H,11-14,16-19H2. The van der Waals surface area contributed by atoms with Gasteiger partial charge < -0.3 is 14.1 Å². The van der Waals surface area contributed by atoms with E-state index >= 15 is 0 Å². The molecular weight excluding hydrogens is 511 g/mol. The third-order valence-electron chi connectivity index (χ3n) is 6.72. The molecule has 0 N–H and O–H groups in total. The van der Waals surface area contributed by atoms with Crippen LogP contribution in [0, 0.1) is 5.82 Å². The van der Waals surface area contributed by atoms with E-state index in [1.54, 1.807) is 54.8 Å². The maximum Gasteiger partial charge on any atom is 0.262 e. The van der Waals surface area contributed by atoms with Crippen molar-refractivity contribution in [1.82, 2.24) is 14.8 Å². The van der Waals surface area contributed by atoms with E-state index in [2.05, 4.69) is 10.0 Å². The van der Waals surface area contributed by atoms with Gasteiger partial charge >= 0.3 is 0 Å². The van der Waals surface area contributed by atoms with Crippen LogP contribution < -0.4 is 0 Å². The van der Waals surface area contributed by atoms with Gasteiger partial charge in [-0.1, -0.05) is 35.9 Å². The number of hydrazone groups is 1. The van der Waals surface area contributed by atoms with Gasteiger partial charge in [0.2, 0.25) is 0 Å². The molecule has 3 aromatic rings. The van der Waals surface area contributed by atoms with Crippen LogP contribution in [0.3, 0.4) is 0 Å². The Morgan fingerprint density at radius 3 is 2.53 bits per heavy atom. The maximum absolute atomic E-state index is 13.7. The lowest BCUT2D eigenvalue weighted by Crippen LogP contribution is -2.46. The summed E-state index contributed by atoms with van der Waals surface area (Å²) < 4.78 is 24.5. The second-order valence-electron chi connectivity index (χ2n) is 9.19. The number of morpholine rings is 1. The van der Waals surface area contributed by atoms with E-state index in [1.165, 1.54) is 22.0 Å². The number of carbonyl (C=O) groups is 2. The Labute approximate surface area is 225 Å². The van der Waals surface area contributed by atoms with Crippen molar-refractivity contribution in [1.29, 1.82) is 0 Å². The molecule has 0 saturated carbocycles. The van der Waals surface area contributed by atoms with Crippen LogP contribution in [0.5, 0.6) is 0 Å². The van der Waals surface area contributed by atoms with Gasteiger partial charge in [0.15, 0.2) is 0 Å². The van der Waals surface area contributed by atoms with E-state index in [4.69, 9.17) is 20.8 Å². The predicted octanol–water partition coefficient (Wildman–Crippen LogP) is 4.22. The molecule has 38 heavy (non-hydrogen) atoms. The average Bonchev–Trinajstić information content (AvgIpc) is 3.62. The van der Waals surface area contributed by atoms with Crippen molar-refractivity contribution in [2.24, 2.45) is 5.10 Å². The van der Waals surface area contributed by atoms with Crippen molar-refractivity contribution in [3.05, 3.63) is 94.7 Å². The molecule has 2 aliphatic rings. The summed E-state index contributed by atoms with van der Waals surface area (Å²) in [6.45, 7) is 3.54. The maximum atomic E-state index is 13.7. The van der Waals surface area contributed by atoms with Gasteiger partial charge in [0.05, 0.1) is 35.8 Å². The minimum absolute atomic E-state index is 0.189. The summed E-state index contributed by atoms with van der Waals surface area (Å²) in [6, 6.07) is 15.9. The molecular formula is C28H28ClFN4O4. The zero-order chi connectivity index (χ0) is 26.5. The first kappa shape index (κ1) is 26.1. The minimum Gasteiger partial charge on any atom is -0.467 e. The van der Waals surface area contributed by atoms with Crippen LogP contribution in [0.1, 0.15) is 34.1 Å². The Kier molecular flexibility index (Phi) is 8.17. The largest absolute Gasteiger partial charge is 0.467 e. The molecule has 3 heterocycles. The Hall–Kier alpha value is -3.53. The Balaban J connectivity index is 1.39. The molecule has 1 saturated heterocycles. The van der Waals surface area contributed by atoms with Crippen molar-refractivity contribution in [3.63, 3.8) is 0 Å². The summed E-state index contributed by atoms with van der Waals surface area (Å²) in [5.74, 6) is -0.451. The molecule has 2 aliphatic heterocycles. The first-order valence-electron chi connectivity index (χ1n) is 12.5. The number of ether oxygens (including phenoxy) is 1. The zero-order valence-corrected chi connectivity index (χ0v) is 21.5. The molecule has 2 amide bonds. The molecule has 0 bridgehead atoms. The number of nitrogens with zero attached hydrogens (tertiary/aromatic N) is 4. The van der Waals surface area contributed by atoms with Crippen molar-refractivity contribution < 1.29 is 23.1 Å². The van der Waals surface area contributed by atoms with Crippen LogP contribution >= 0.6 is 11.6 Å². The van der Waals surface area contributed by atoms with Gasteiger partial charge in [-0.2, -0.15) is 5.10 Å². The molecule has 0 aliphatic carbocycles. The molecule has 0 spiro atoms. The molecule has 1 aromatic heterocycles. The van der Waals surface area contributed by atoms with Crippen molar-refractivity contribution >= 4 is 29.1 Å². The van der Waals surface area contributed by atoms with Crippen LogP contribution in [-0.4, -0.2) is 78.3 Å². The van der Waals surface area contributed by atoms with E-state index in [0.717, 1.165) is 18.7 Å². The molecule has 5 rings (SSSR count). The third-order valence-corrected chi connectivity index (χ3v) is 7.05. The molecule has 1 atom stereocenters. The quantitative estimate of drug-likeness (QED) is 0.429. The lowest BCUT2D eigenvalue weighted by molar-refractivity contribution is -0.134. The van der Waals surface area contributed by atoms with Crippen molar-refractivity contribution in [2.75, 3.05) is 45.9 Å². The highest BCUT2D eigenvalue weighted by Crippen LogP contribution is 2.33. The van der Waals surface area contributed by atoms with Gasteiger partial charge in [-0.05, 0) is 42.0 Å². The smallest absolute Gasteiger partial charge is 0.262 e. The Morgan fingerprint density at radius 2 is 1.82 bits per heavy atom.